The fourth-order valence-electron chi connectivity index (χ4n) is 2.98. The Morgan fingerprint density at radius 1 is 1.52 bits per heavy atom. The largest absolute Gasteiger partial charge is 0.329 e. The molecule has 0 bridgehead atoms. The van der Waals surface area contributed by atoms with Crippen molar-refractivity contribution in [1.82, 2.24) is 25.4 Å². The Kier molecular flexibility index (Phi) is 4.95. The molecule has 23 heavy (non-hydrogen) atoms. The van der Waals surface area contributed by atoms with Crippen LogP contribution in [0.5, 0.6) is 0 Å². The van der Waals surface area contributed by atoms with Gasteiger partial charge in [0.05, 0.1) is 18.3 Å². The highest BCUT2D eigenvalue weighted by Crippen LogP contribution is 2.30. The number of hydrogen-bond acceptors (Lipinski definition) is 4. The van der Waals surface area contributed by atoms with Crippen LogP contribution in [-0.4, -0.2) is 32.7 Å². The van der Waals surface area contributed by atoms with Crippen molar-refractivity contribution in [3.05, 3.63) is 34.0 Å². The van der Waals surface area contributed by atoms with E-state index < -0.39 is 0 Å². The van der Waals surface area contributed by atoms with Crippen LogP contribution in [0.25, 0.3) is 0 Å². The number of H-pyrrole nitrogens is 1. The average Bonchev–Trinajstić information content (AvgIpc) is 3.26. The molecular weight excluding hydrogens is 310 g/mol. The Balaban J connectivity index is 1.68. The Morgan fingerprint density at radius 3 is 3.09 bits per heavy atom. The SMILES string of the molecule is CCc1cnc([C@@H](C)NC(=O)N2CCCC[C@@H]2c2cn[nH]c2)s1. The lowest BCUT2D eigenvalue weighted by atomic mass is 9.98. The van der Waals surface area contributed by atoms with Gasteiger partial charge in [-0.2, -0.15) is 5.10 Å². The minimum Gasteiger partial charge on any atom is -0.329 e. The Labute approximate surface area is 140 Å². The van der Waals surface area contributed by atoms with Crippen molar-refractivity contribution >= 4 is 17.4 Å². The molecule has 0 spiro atoms. The summed E-state index contributed by atoms with van der Waals surface area (Å²) in [5.41, 5.74) is 1.08. The topological polar surface area (TPSA) is 73.9 Å². The summed E-state index contributed by atoms with van der Waals surface area (Å²) in [5.74, 6) is 0. The molecule has 1 aliphatic rings. The van der Waals surface area contributed by atoms with E-state index in [2.05, 4.69) is 27.4 Å². The molecule has 0 aliphatic carbocycles. The number of hydrogen-bond donors (Lipinski definition) is 2. The molecule has 3 heterocycles. The lowest BCUT2D eigenvalue weighted by molar-refractivity contribution is 0.149. The number of urea groups is 1. The number of thiazole rings is 1. The number of carbonyl (C=O) groups is 1. The molecule has 2 N–H and O–H groups in total. The first kappa shape index (κ1) is 16.0. The van der Waals surface area contributed by atoms with E-state index in [4.69, 9.17) is 0 Å². The number of carbonyl (C=O) groups excluding carboxylic acids is 1. The first-order valence-corrected chi connectivity index (χ1v) is 9.01. The Hall–Kier alpha value is -1.89. The number of rotatable bonds is 4. The van der Waals surface area contributed by atoms with Crippen molar-refractivity contribution in [2.24, 2.45) is 0 Å². The van der Waals surface area contributed by atoms with Gasteiger partial charge >= 0.3 is 6.03 Å². The van der Waals surface area contributed by atoms with Crippen molar-refractivity contribution in [2.75, 3.05) is 6.54 Å². The summed E-state index contributed by atoms with van der Waals surface area (Å²) >= 11 is 1.67. The van der Waals surface area contributed by atoms with Gasteiger partial charge in [0.2, 0.25) is 0 Å². The molecule has 2 aromatic rings. The standard InChI is InChI=1S/C16H23N5OS/c1-3-13-10-17-15(23-13)11(2)20-16(22)21-7-5-4-6-14(21)12-8-18-19-9-12/h8-11,14H,3-7H2,1-2H3,(H,18,19)(H,20,22)/t11-,14-/m1/s1. The molecule has 1 fully saturated rings. The minimum atomic E-state index is -0.0697. The summed E-state index contributed by atoms with van der Waals surface area (Å²) in [6.07, 6.45) is 9.75. The van der Waals surface area contributed by atoms with E-state index in [0.717, 1.165) is 42.8 Å². The van der Waals surface area contributed by atoms with Crippen LogP contribution in [-0.2, 0) is 6.42 Å². The summed E-state index contributed by atoms with van der Waals surface area (Å²) in [7, 11) is 0. The first-order valence-electron chi connectivity index (χ1n) is 8.19. The van der Waals surface area contributed by atoms with Crippen molar-refractivity contribution in [3.63, 3.8) is 0 Å². The summed E-state index contributed by atoms with van der Waals surface area (Å²) in [5, 5.41) is 10.9. The van der Waals surface area contributed by atoms with Crippen LogP contribution in [0.4, 0.5) is 4.79 Å². The second-order valence-electron chi connectivity index (χ2n) is 5.93. The number of aromatic nitrogens is 3. The predicted octanol–water partition coefficient (Wildman–Crippen LogP) is 3.43. The number of aromatic amines is 1. The van der Waals surface area contributed by atoms with Gasteiger partial charge in [0.25, 0.3) is 0 Å². The van der Waals surface area contributed by atoms with Crippen LogP contribution in [0.15, 0.2) is 18.6 Å². The molecule has 6 nitrogen and oxygen atoms in total. The molecule has 1 aliphatic heterocycles. The Morgan fingerprint density at radius 2 is 2.39 bits per heavy atom. The highest BCUT2D eigenvalue weighted by Gasteiger charge is 2.29. The summed E-state index contributed by atoms with van der Waals surface area (Å²) < 4.78 is 0. The van der Waals surface area contributed by atoms with Gasteiger partial charge in [-0.3, -0.25) is 5.10 Å². The molecule has 2 aromatic heterocycles. The van der Waals surface area contributed by atoms with Gasteiger partial charge in [-0.25, -0.2) is 9.78 Å². The van der Waals surface area contributed by atoms with Crippen molar-refractivity contribution < 1.29 is 4.79 Å². The number of nitrogens with zero attached hydrogens (tertiary/aromatic N) is 3. The van der Waals surface area contributed by atoms with Crippen LogP contribution in [0.3, 0.4) is 0 Å². The van der Waals surface area contributed by atoms with E-state index in [0.29, 0.717) is 0 Å². The number of aryl methyl sites for hydroxylation is 1. The maximum atomic E-state index is 12.7. The quantitative estimate of drug-likeness (QED) is 0.900. The molecule has 3 rings (SSSR count). The van der Waals surface area contributed by atoms with Gasteiger partial charge < -0.3 is 10.2 Å². The lowest BCUT2D eigenvalue weighted by Gasteiger charge is -2.35. The molecule has 0 aromatic carbocycles. The predicted molar refractivity (Wildman–Crippen MR) is 90.3 cm³/mol. The van der Waals surface area contributed by atoms with Crippen LogP contribution >= 0.6 is 11.3 Å². The minimum absolute atomic E-state index is 0.0170. The van der Waals surface area contributed by atoms with Crippen molar-refractivity contribution in [2.45, 2.75) is 51.6 Å². The highest BCUT2D eigenvalue weighted by molar-refractivity contribution is 7.11. The van der Waals surface area contributed by atoms with E-state index >= 15 is 0 Å². The van der Waals surface area contributed by atoms with E-state index in [9.17, 15) is 4.79 Å². The van der Waals surface area contributed by atoms with Crippen molar-refractivity contribution in [3.8, 4) is 0 Å². The number of piperidine rings is 1. The smallest absolute Gasteiger partial charge is 0.318 e. The summed E-state index contributed by atoms with van der Waals surface area (Å²) in [4.78, 5) is 20.3. The highest BCUT2D eigenvalue weighted by atomic mass is 32.1. The molecule has 0 radical (unpaired) electrons. The van der Waals surface area contributed by atoms with E-state index in [1.54, 1.807) is 11.3 Å². The molecule has 0 saturated carbocycles. The van der Waals surface area contributed by atoms with Gasteiger partial charge in [-0.05, 0) is 32.6 Å². The fourth-order valence-corrected chi connectivity index (χ4v) is 3.84. The van der Waals surface area contributed by atoms with Gasteiger partial charge in [-0.15, -0.1) is 11.3 Å². The second-order valence-corrected chi connectivity index (χ2v) is 7.07. The molecular formula is C16H23N5OS. The number of likely N-dealkylation sites (tertiary alicyclic amines) is 1. The molecule has 1 saturated heterocycles. The zero-order chi connectivity index (χ0) is 16.2. The van der Waals surface area contributed by atoms with Crippen LogP contribution in [0.1, 0.15) is 60.6 Å². The maximum Gasteiger partial charge on any atom is 0.318 e. The van der Waals surface area contributed by atoms with Gasteiger partial charge in [-0.1, -0.05) is 6.92 Å². The van der Waals surface area contributed by atoms with Gasteiger partial charge in [0.15, 0.2) is 0 Å². The van der Waals surface area contributed by atoms with E-state index in [1.807, 2.05) is 30.4 Å². The zero-order valence-corrected chi connectivity index (χ0v) is 14.4. The van der Waals surface area contributed by atoms with Crippen LogP contribution in [0, 0.1) is 0 Å². The van der Waals surface area contributed by atoms with E-state index in [-0.39, 0.29) is 18.1 Å². The maximum absolute atomic E-state index is 12.7. The van der Waals surface area contributed by atoms with Crippen LogP contribution < -0.4 is 5.32 Å². The third-order valence-corrected chi connectivity index (χ3v) is 5.62. The summed E-state index contributed by atoms with van der Waals surface area (Å²) in [6.45, 7) is 4.89. The fraction of sp³-hybridized carbons (Fsp3) is 0.562. The third kappa shape index (κ3) is 3.55. The number of amides is 2. The zero-order valence-electron chi connectivity index (χ0n) is 13.6. The summed E-state index contributed by atoms with van der Waals surface area (Å²) in [6, 6.07) is 0.0218. The molecule has 0 unspecified atom stereocenters. The normalized spacial score (nSPS) is 19.6. The molecule has 2 amide bonds. The van der Waals surface area contributed by atoms with E-state index in [1.165, 1.54) is 4.88 Å². The second kappa shape index (κ2) is 7.12. The van der Waals surface area contributed by atoms with Crippen molar-refractivity contribution in [1.29, 1.82) is 0 Å². The first-order chi connectivity index (χ1) is 11.2. The molecule has 124 valence electrons. The van der Waals surface area contributed by atoms with Gasteiger partial charge in [0.1, 0.15) is 5.01 Å². The monoisotopic (exact) mass is 333 g/mol. The number of nitrogens with one attached hydrogen (secondary N) is 2. The average molecular weight is 333 g/mol. The lowest BCUT2D eigenvalue weighted by Crippen LogP contribution is -2.45. The Bertz CT molecular complexity index is 639. The molecule has 7 heteroatoms. The van der Waals surface area contributed by atoms with Gasteiger partial charge in [0, 0.05) is 29.4 Å². The van der Waals surface area contributed by atoms with Crippen LogP contribution in [0.2, 0.25) is 0 Å². The third-order valence-electron chi connectivity index (χ3n) is 4.30. The molecule has 2 atom stereocenters.